The molecule has 1 aromatic rings. The van der Waals surface area contributed by atoms with E-state index in [1.54, 1.807) is 26.1 Å². The molecule has 0 spiro atoms. The number of carbonyl (C=O) groups is 2. The van der Waals surface area contributed by atoms with Crippen molar-refractivity contribution in [3.8, 4) is 0 Å². The highest BCUT2D eigenvalue weighted by Gasteiger charge is 2.23. The van der Waals surface area contributed by atoms with Crippen LogP contribution in [0.4, 0.5) is 4.79 Å². The third-order valence-corrected chi connectivity index (χ3v) is 2.86. The number of aromatic nitrogens is 1. The smallest absolute Gasteiger partial charge is 0.326 e. The molecular formula is C12H16ClN3O3. The molecule has 6 nitrogen and oxygen atoms in total. The van der Waals surface area contributed by atoms with Crippen LogP contribution in [-0.4, -0.2) is 28.1 Å². The van der Waals surface area contributed by atoms with Crippen LogP contribution in [0.15, 0.2) is 18.5 Å². The van der Waals surface area contributed by atoms with Crippen molar-refractivity contribution < 1.29 is 14.7 Å². The lowest BCUT2D eigenvalue weighted by atomic mass is 10.1. The van der Waals surface area contributed by atoms with Crippen molar-refractivity contribution in [2.75, 3.05) is 0 Å². The van der Waals surface area contributed by atoms with Crippen molar-refractivity contribution in [2.24, 2.45) is 5.92 Å². The van der Waals surface area contributed by atoms with Crippen LogP contribution in [0, 0.1) is 5.92 Å². The summed E-state index contributed by atoms with van der Waals surface area (Å²) in [7, 11) is 0. The van der Waals surface area contributed by atoms with Crippen molar-refractivity contribution in [3.05, 3.63) is 29.0 Å². The fraction of sp³-hybridized carbons (Fsp3) is 0.417. The Labute approximate surface area is 116 Å². The molecule has 0 fully saturated rings. The third-order valence-electron chi connectivity index (χ3n) is 2.52. The van der Waals surface area contributed by atoms with Crippen LogP contribution in [0.5, 0.6) is 0 Å². The molecule has 19 heavy (non-hydrogen) atoms. The summed E-state index contributed by atoms with van der Waals surface area (Å²) in [5, 5.41) is 14.3. The topological polar surface area (TPSA) is 91.3 Å². The van der Waals surface area contributed by atoms with E-state index in [0.717, 1.165) is 0 Å². The van der Waals surface area contributed by atoms with Crippen molar-refractivity contribution in [2.45, 2.75) is 26.4 Å². The van der Waals surface area contributed by atoms with E-state index in [-0.39, 0.29) is 12.5 Å². The van der Waals surface area contributed by atoms with Gasteiger partial charge in [-0.1, -0.05) is 25.4 Å². The minimum Gasteiger partial charge on any atom is -0.480 e. The van der Waals surface area contributed by atoms with Gasteiger partial charge in [0.25, 0.3) is 0 Å². The Bertz CT molecular complexity index is 465. The van der Waals surface area contributed by atoms with Crippen LogP contribution in [0.25, 0.3) is 0 Å². The zero-order valence-electron chi connectivity index (χ0n) is 10.7. The van der Waals surface area contributed by atoms with Crippen LogP contribution in [0.1, 0.15) is 19.4 Å². The minimum absolute atomic E-state index is 0.201. The molecule has 0 aliphatic heterocycles. The van der Waals surface area contributed by atoms with Crippen LogP contribution in [-0.2, 0) is 11.3 Å². The Morgan fingerprint density at radius 2 is 2.16 bits per heavy atom. The van der Waals surface area contributed by atoms with Gasteiger partial charge in [0.2, 0.25) is 0 Å². The van der Waals surface area contributed by atoms with Crippen LogP contribution >= 0.6 is 11.6 Å². The molecule has 0 aliphatic carbocycles. The van der Waals surface area contributed by atoms with Crippen molar-refractivity contribution in [3.63, 3.8) is 0 Å². The number of urea groups is 1. The van der Waals surface area contributed by atoms with Crippen molar-refractivity contribution in [1.29, 1.82) is 0 Å². The normalized spacial score (nSPS) is 12.0. The first-order valence-corrected chi connectivity index (χ1v) is 6.15. The van der Waals surface area contributed by atoms with Crippen LogP contribution < -0.4 is 10.6 Å². The number of carboxylic acids is 1. The number of amides is 2. The van der Waals surface area contributed by atoms with Gasteiger partial charge in [-0.25, -0.2) is 9.59 Å². The Hall–Kier alpha value is -1.82. The van der Waals surface area contributed by atoms with Gasteiger partial charge in [-0.2, -0.15) is 0 Å². The van der Waals surface area contributed by atoms with E-state index in [1.165, 1.54) is 6.20 Å². The Kier molecular flexibility index (Phi) is 5.57. The first-order chi connectivity index (χ1) is 8.91. The molecule has 1 rings (SSSR count). The molecule has 0 aliphatic rings. The molecule has 0 aromatic carbocycles. The summed E-state index contributed by atoms with van der Waals surface area (Å²) in [5.41, 5.74) is 0.711. The van der Waals surface area contributed by atoms with Gasteiger partial charge >= 0.3 is 12.0 Å². The highest BCUT2D eigenvalue weighted by molar-refractivity contribution is 6.31. The van der Waals surface area contributed by atoms with E-state index in [0.29, 0.717) is 10.6 Å². The summed E-state index contributed by atoms with van der Waals surface area (Å²) in [6, 6.07) is 0.210. The van der Waals surface area contributed by atoms with Gasteiger partial charge in [0, 0.05) is 18.9 Å². The van der Waals surface area contributed by atoms with Gasteiger partial charge in [0.1, 0.15) is 6.04 Å². The third kappa shape index (κ3) is 4.75. The predicted molar refractivity (Wildman–Crippen MR) is 70.9 cm³/mol. The van der Waals surface area contributed by atoms with E-state index in [1.807, 2.05) is 0 Å². The molecule has 0 saturated heterocycles. The van der Waals surface area contributed by atoms with E-state index in [9.17, 15) is 9.59 Å². The summed E-state index contributed by atoms with van der Waals surface area (Å²) in [6.45, 7) is 3.65. The van der Waals surface area contributed by atoms with Crippen LogP contribution in [0.2, 0.25) is 5.02 Å². The molecular weight excluding hydrogens is 270 g/mol. The maximum Gasteiger partial charge on any atom is 0.326 e. The van der Waals surface area contributed by atoms with E-state index in [2.05, 4.69) is 15.6 Å². The second-order valence-electron chi connectivity index (χ2n) is 4.35. The predicted octanol–water partition coefficient (Wildman–Crippen LogP) is 1.64. The average Bonchev–Trinajstić information content (AvgIpc) is 2.34. The zero-order chi connectivity index (χ0) is 14.4. The average molecular weight is 286 g/mol. The van der Waals surface area contributed by atoms with Gasteiger partial charge in [-0.15, -0.1) is 0 Å². The van der Waals surface area contributed by atoms with Gasteiger partial charge in [0.05, 0.1) is 5.02 Å². The molecule has 1 aromatic heterocycles. The van der Waals surface area contributed by atoms with E-state index in [4.69, 9.17) is 16.7 Å². The Morgan fingerprint density at radius 3 is 2.68 bits per heavy atom. The Morgan fingerprint density at radius 1 is 1.47 bits per heavy atom. The number of carbonyl (C=O) groups excluding carboxylic acids is 1. The highest BCUT2D eigenvalue weighted by Crippen LogP contribution is 2.12. The van der Waals surface area contributed by atoms with Gasteiger partial charge in [-0.05, 0) is 17.5 Å². The number of halogens is 1. The zero-order valence-corrected chi connectivity index (χ0v) is 11.4. The number of nitrogens with one attached hydrogen (secondary N) is 2. The molecule has 1 unspecified atom stereocenters. The maximum atomic E-state index is 11.6. The fourth-order valence-corrected chi connectivity index (χ4v) is 1.61. The summed E-state index contributed by atoms with van der Waals surface area (Å²) in [4.78, 5) is 26.4. The summed E-state index contributed by atoms with van der Waals surface area (Å²) in [5.74, 6) is -1.26. The number of rotatable bonds is 5. The standard InChI is InChI=1S/C12H16ClN3O3/c1-7(2)10(11(17)18)16-12(19)15-5-8-3-4-14-6-9(8)13/h3-4,6-7,10H,5H2,1-2H3,(H,17,18)(H2,15,16,19). The van der Waals surface area contributed by atoms with Gasteiger partial charge in [0.15, 0.2) is 0 Å². The number of hydrogen-bond acceptors (Lipinski definition) is 3. The number of hydrogen-bond donors (Lipinski definition) is 3. The monoisotopic (exact) mass is 285 g/mol. The first-order valence-electron chi connectivity index (χ1n) is 5.77. The highest BCUT2D eigenvalue weighted by atomic mass is 35.5. The lowest BCUT2D eigenvalue weighted by Crippen LogP contribution is -2.48. The van der Waals surface area contributed by atoms with Crippen molar-refractivity contribution >= 4 is 23.6 Å². The molecule has 3 N–H and O–H groups in total. The molecule has 104 valence electrons. The lowest BCUT2D eigenvalue weighted by Gasteiger charge is -2.18. The van der Waals surface area contributed by atoms with E-state index >= 15 is 0 Å². The molecule has 7 heteroatoms. The largest absolute Gasteiger partial charge is 0.480 e. The molecule has 2 amide bonds. The summed E-state index contributed by atoms with van der Waals surface area (Å²) < 4.78 is 0. The minimum atomic E-state index is -1.06. The number of nitrogens with zero attached hydrogens (tertiary/aromatic N) is 1. The fourth-order valence-electron chi connectivity index (χ4n) is 1.43. The number of carboxylic acid groups (broad SMARTS) is 1. The molecule has 1 atom stereocenters. The molecule has 0 bridgehead atoms. The van der Waals surface area contributed by atoms with E-state index < -0.39 is 18.0 Å². The van der Waals surface area contributed by atoms with Gasteiger partial charge in [-0.3, -0.25) is 4.98 Å². The number of pyridine rings is 1. The molecule has 1 heterocycles. The lowest BCUT2D eigenvalue weighted by molar-refractivity contribution is -0.140. The second-order valence-corrected chi connectivity index (χ2v) is 4.76. The Balaban J connectivity index is 2.52. The first kappa shape index (κ1) is 15.2. The van der Waals surface area contributed by atoms with Crippen LogP contribution in [0.3, 0.4) is 0 Å². The maximum absolute atomic E-state index is 11.6. The quantitative estimate of drug-likeness (QED) is 0.767. The number of aliphatic carboxylic acids is 1. The SMILES string of the molecule is CC(C)C(NC(=O)NCc1ccncc1Cl)C(=O)O. The summed E-state index contributed by atoms with van der Waals surface area (Å²) in [6.07, 6.45) is 3.04. The van der Waals surface area contributed by atoms with Gasteiger partial charge < -0.3 is 15.7 Å². The summed E-state index contributed by atoms with van der Waals surface area (Å²) >= 11 is 5.89. The molecule has 0 saturated carbocycles. The molecule has 0 radical (unpaired) electrons. The second kappa shape index (κ2) is 6.94. The van der Waals surface area contributed by atoms with Crippen molar-refractivity contribution in [1.82, 2.24) is 15.6 Å².